The summed E-state index contributed by atoms with van der Waals surface area (Å²) in [5.41, 5.74) is -0.421. The Morgan fingerprint density at radius 2 is 1.91 bits per heavy atom. The van der Waals surface area contributed by atoms with Crippen LogP contribution in [0.4, 0.5) is 5.69 Å². The zero-order valence-electron chi connectivity index (χ0n) is 12.8. The molecule has 8 heteroatoms. The third-order valence-corrected chi connectivity index (χ3v) is 2.72. The van der Waals surface area contributed by atoms with Crippen LogP contribution in [0.25, 0.3) is 6.08 Å². The summed E-state index contributed by atoms with van der Waals surface area (Å²) in [4.78, 5) is 33.9. The van der Waals surface area contributed by atoms with Crippen LogP contribution < -0.4 is 0 Å². The minimum atomic E-state index is -0.779. The van der Waals surface area contributed by atoms with Crippen molar-refractivity contribution in [3.8, 4) is 5.75 Å². The average molecular weight is 323 g/mol. The first-order valence-corrected chi connectivity index (χ1v) is 6.89. The lowest BCUT2D eigenvalue weighted by molar-refractivity contribution is -0.385. The summed E-state index contributed by atoms with van der Waals surface area (Å²) in [5, 5.41) is 20.5. The number of ether oxygens (including phenoxy) is 2. The number of nitro benzene ring substituents is 1. The van der Waals surface area contributed by atoms with E-state index < -0.39 is 16.9 Å². The van der Waals surface area contributed by atoms with Crippen LogP contribution in [0.5, 0.6) is 5.75 Å². The highest BCUT2D eigenvalue weighted by Crippen LogP contribution is 2.26. The molecule has 0 fully saturated rings. The summed E-state index contributed by atoms with van der Waals surface area (Å²) in [6, 6.07) is 3.39. The van der Waals surface area contributed by atoms with Crippen molar-refractivity contribution < 1.29 is 29.1 Å². The van der Waals surface area contributed by atoms with Crippen molar-refractivity contribution in [1.82, 2.24) is 0 Å². The van der Waals surface area contributed by atoms with Gasteiger partial charge in [0.25, 0.3) is 5.69 Å². The number of esters is 2. The first kappa shape index (κ1) is 18.1. The van der Waals surface area contributed by atoms with E-state index in [1.807, 2.05) is 0 Å². The van der Waals surface area contributed by atoms with Gasteiger partial charge in [0.1, 0.15) is 5.75 Å². The first-order chi connectivity index (χ1) is 10.9. The maximum absolute atomic E-state index is 11.9. The van der Waals surface area contributed by atoms with Crippen molar-refractivity contribution in [2.45, 2.75) is 20.3 Å². The van der Waals surface area contributed by atoms with Crippen LogP contribution in [-0.2, 0) is 19.1 Å². The number of carbonyl (C=O) groups is 2. The predicted molar refractivity (Wildman–Crippen MR) is 80.6 cm³/mol. The van der Waals surface area contributed by atoms with Crippen LogP contribution in [0.15, 0.2) is 23.8 Å². The zero-order valence-corrected chi connectivity index (χ0v) is 12.8. The molecular weight excluding hydrogens is 306 g/mol. The molecule has 0 unspecified atom stereocenters. The van der Waals surface area contributed by atoms with Gasteiger partial charge >= 0.3 is 11.9 Å². The molecule has 1 rings (SSSR count). The number of hydrogen-bond donors (Lipinski definition) is 1. The van der Waals surface area contributed by atoms with E-state index in [4.69, 9.17) is 9.47 Å². The van der Waals surface area contributed by atoms with Gasteiger partial charge in [0, 0.05) is 11.6 Å². The fourth-order valence-corrected chi connectivity index (χ4v) is 1.78. The second kappa shape index (κ2) is 8.52. The second-order valence-electron chi connectivity index (χ2n) is 4.37. The van der Waals surface area contributed by atoms with Gasteiger partial charge in [-0.1, -0.05) is 0 Å². The predicted octanol–water partition coefficient (Wildman–Crippen LogP) is 2.20. The number of nitrogens with zero attached hydrogens (tertiary/aromatic N) is 1. The molecule has 8 nitrogen and oxygen atoms in total. The standard InChI is InChI=1S/C15H17NO7/c1-3-22-14(18)9-11(15(19)23-4-2)7-10-8-12(17)5-6-13(10)16(20)21/h5-8,17H,3-4,9H2,1-2H3/b11-7-. The monoisotopic (exact) mass is 323 g/mol. The lowest BCUT2D eigenvalue weighted by Crippen LogP contribution is -2.13. The van der Waals surface area contributed by atoms with Crippen molar-refractivity contribution in [2.24, 2.45) is 0 Å². The van der Waals surface area contributed by atoms with Gasteiger partial charge in [-0.15, -0.1) is 0 Å². The molecule has 0 atom stereocenters. The van der Waals surface area contributed by atoms with E-state index in [-0.39, 0.29) is 42.2 Å². The van der Waals surface area contributed by atoms with Gasteiger partial charge in [0.05, 0.1) is 30.1 Å². The highest BCUT2D eigenvalue weighted by molar-refractivity contribution is 5.98. The van der Waals surface area contributed by atoms with Gasteiger partial charge in [0.2, 0.25) is 0 Å². The smallest absolute Gasteiger partial charge is 0.334 e. The lowest BCUT2D eigenvalue weighted by atomic mass is 10.1. The summed E-state index contributed by atoms with van der Waals surface area (Å²) in [6.45, 7) is 3.44. The van der Waals surface area contributed by atoms with Gasteiger partial charge in [-0.05, 0) is 32.1 Å². The minimum absolute atomic E-state index is 0.0117. The Bertz CT molecular complexity index is 637. The van der Waals surface area contributed by atoms with Crippen LogP contribution >= 0.6 is 0 Å². The fraction of sp³-hybridized carbons (Fsp3) is 0.333. The van der Waals surface area contributed by atoms with Gasteiger partial charge < -0.3 is 14.6 Å². The molecule has 0 aliphatic rings. The molecule has 124 valence electrons. The Morgan fingerprint density at radius 3 is 2.48 bits per heavy atom. The average Bonchev–Trinajstić information content (AvgIpc) is 2.46. The Balaban J connectivity index is 3.27. The molecule has 0 heterocycles. The van der Waals surface area contributed by atoms with E-state index in [0.29, 0.717) is 0 Å². The zero-order chi connectivity index (χ0) is 17.4. The van der Waals surface area contributed by atoms with Crippen LogP contribution in [0.2, 0.25) is 0 Å². The summed E-state index contributed by atoms with van der Waals surface area (Å²) in [6.07, 6.45) is 0.756. The quantitative estimate of drug-likeness (QED) is 0.354. The SMILES string of the molecule is CCOC(=O)C/C(=C/c1cc(O)ccc1[N+](=O)[O-])C(=O)OCC. The number of aromatic hydroxyl groups is 1. The van der Waals surface area contributed by atoms with Crippen LogP contribution in [0, 0.1) is 10.1 Å². The number of phenols is 1. The number of hydrogen-bond acceptors (Lipinski definition) is 7. The Hall–Kier alpha value is -2.90. The van der Waals surface area contributed by atoms with Crippen molar-refractivity contribution >= 4 is 23.7 Å². The maximum atomic E-state index is 11.9. The van der Waals surface area contributed by atoms with E-state index in [1.165, 1.54) is 0 Å². The Labute approximate surface area is 132 Å². The molecule has 0 radical (unpaired) electrons. The third kappa shape index (κ3) is 5.42. The Kier molecular flexibility index (Phi) is 6.72. The first-order valence-electron chi connectivity index (χ1n) is 6.89. The van der Waals surface area contributed by atoms with E-state index >= 15 is 0 Å². The van der Waals surface area contributed by atoms with Crippen molar-refractivity contribution in [3.63, 3.8) is 0 Å². The number of phenolic OH excluding ortho intramolecular Hbond substituents is 1. The molecule has 0 bridgehead atoms. The van der Waals surface area contributed by atoms with Gasteiger partial charge in [-0.3, -0.25) is 14.9 Å². The maximum Gasteiger partial charge on any atom is 0.334 e. The fourth-order valence-electron chi connectivity index (χ4n) is 1.78. The molecule has 23 heavy (non-hydrogen) atoms. The topological polar surface area (TPSA) is 116 Å². The summed E-state index contributed by atoms with van der Waals surface area (Å²) in [7, 11) is 0. The summed E-state index contributed by atoms with van der Waals surface area (Å²) < 4.78 is 9.61. The molecular formula is C15H17NO7. The molecule has 0 saturated heterocycles. The van der Waals surface area contributed by atoms with Gasteiger partial charge in [0.15, 0.2) is 0 Å². The molecule has 0 saturated carbocycles. The molecule has 0 aromatic heterocycles. The van der Waals surface area contributed by atoms with Crippen molar-refractivity contribution in [2.75, 3.05) is 13.2 Å². The number of rotatable bonds is 7. The van der Waals surface area contributed by atoms with Crippen molar-refractivity contribution in [3.05, 3.63) is 39.4 Å². The van der Waals surface area contributed by atoms with Gasteiger partial charge in [-0.25, -0.2) is 4.79 Å². The largest absolute Gasteiger partial charge is 0.508 e. The molecule has 1 aromatic carbocycles. The molecule has 1 aromatic rings. The highest BCUT2D eigenvalue weighted by atomic mass is 16.6. The lowest BCUT2D eigenvalue weighted by Gasteiger charge is -2.07. The summed E-state index contributed by atoms with van der Waals surface area (Å²) in [5.74, 6) is -1.64. The van der Waals surface area contributed by atoms with E-state index in [9.17, 15) is 24.8 Å². The number of carbonyl (C=O) groups excluding carboxylic acids is 2. The highest BCUT2D eigenvalue weighted by Gasteiger charge is 2.19. The second-order valence-corrected chi connectivity index (χ2v) is 4.37. The third-order valence-electron chi connectivity index (χ3n) is 2.72. The van der Waals surface area contributed by atoms with Crippen LogP contribution in [0.3, 0.4) is 0 Å². The normalized spacial score (nSPS) is 11.0. The van der Waals surface area contributed by atoms with Gasteiger partial charge in [-0.2, -0.15) is 0 Å². The van der Waals surface area contributed by atoms with Crippen LogP contribution in [-0.4, -0.2) is 35.2 Å². The summed E-state index contributed by atoms with van der Waals surface area (Å²) >= 11 is 0. The number of benzene rings is 1. The molecule has 1 N–H and O–H groups in total. The van der Waals surface area contributed by atoms with E-state index in [1.54, 1.807) is 13.8 Å². The Morgan fingerprint density at radius 1 is 1.26 bits per heavy atom. The number of nitro groups is 1. The van der Waals surface area contributed by atoms with Crippen molar-refractivity contribution in [1.29, 1.82) is 0 Å². The van der Waals surface area contributed by atoms with E-state index in [0.717, 1.165) is 24.3 Å². The van der Waals surface area contributed by atoms with Crippen LogP contribution in [0.1, 0.15) is 25.8 Å². The molecule has 0 amide bonds. The molecule has 0 aliphatic heterocycles. The molecule has 0 spiro atoms. The molecule has 0 aliphatic carbocycles. The van der Waals surface area contributed by atoms with E-state index in [2.05, 4.69) is 0 Å². The minimum Gasteiger partial charge on any atom is -0.508 e.